The van der Waals surface area contributed by atoms with Gasteiger partial charge in [-0.2, -0.15) is 0 Å². The lowest BCUT2D eigenvalue weighted by molar-refractivity contribution is -0.137. The first-order chi connectivity index (χ1) is 14.8. The predicted octanol–water partition coefficient (Wildman–Crippen LogP) is 5.71. The molecule has 3 rings (SSSR count). The Labute approximate surface area is 181 Å². The number of hydrogen-bond donors (Lipinski definition) is 1. The van der Waals surface area contributed by atoms with Gasteiger partial charge in [-0.15, -0.1) is 0 Å². The molecule has 166 valence electrons. The zero-order valence-electron chi connectivity index (χ0n) is 17.9. The quantitative estimate of drug-likeness (QED) is 0.518. The minimum absolute atomic E-state index is 0.0477. The molecule has 1 N–H and O–H groups in total. The highest BCUT2D eigenvalue weighted by molar-refractivity contribution is 5.67. The van der Waals surface area contributed by atoms with E-state index in [0.29, 0.717) is 24.5 Å². The first kappa shape index (κ1) is 22.9. The molecule has 1 aliphatic heterocycles. The number of carbonyl (C=O) groups is 1. The molecular weight excluding hydrogens is 402 g/mol. The highest BCUT2D eigenvalue weighted by Crippen LogP contribution is 2.35. The molecule has 4 nitrogen and oxygen atoms in total. The molecule has 0 radical (unpaired) electrons. The summed E-state index contributed by atoms with van der Waals surface area (Å²) in [5.41, 5.74) is 3.63. The van der Waals surface area contributed by atoms with E-state index >= 15 is 0 Å². The van der Waals surface area contributed by atoms with Crippen LogP contribution in [0.15, 0.2) is 59.7 Å². The van der Waals surface area contributed by atoms with Gasteiger partial charge in [0.05, 0.1) is 13.2 Å². The first-order valence-electron chi connectivity index (χ1n) is 10.4. The topological polar surface area (TPSA) is 55.8 Å². The van der Waals surface area contributed by atoms with Crippen LogP contribution < -0.4 is 4.74 Å². The van der Waals surface area contributed by atoms with Crippen molar-refractivity contribution in [3.8, 4) is 5.75 Å². The van der Waals surface area contributed by atoms with E-state index in [1.807, 2.05) is 18.2 Å². The molecule has 0 aromatic heterocycles. The average Bonchev–Trinajstić information content (AvgIpc) is 2.76. The second-order valence-electron chi connectivity index (χ2n) is 7.95. The Bertz CT molecular complexity index is 932. The van der Waals surface area contributed by atoms with Crippen LogP contribution in [0.1, 0.15) is 49.3 Å². The number of benzene rings is 2. The number of alkyl halides is 2. The molecule has 1 atom stereocenters. The van der Waals surface area contributed by atoms with E-state index in [1.54, 1.807) is 6.07 Å². The van der Waals surface area contributed by atoms with Gasteiger partial charge in [0.25, 0.3) is 5.92 Å². The largest absolute Gasteiger partial charge is 0.489 e. The summed E-state index contributed by atoms with van der Waals surface area (Å²) in [5, 5.41) is 8.87. The van der Waals surface area contributed by atoms with Crippen molar-refractivity contribution in [3.63, 3.8) is 0 Å². The fraction of sp³-hybridized carbons (Fsp3) is 0.400. The number of hydrogen-bond acceptors (Lipinski definition) is 3. The molecule has 0 saturated carbocycles. The minimum atomic E-state index is -3.09. The Kier molecular flexibility index (Phi) is 7.44. The van der Waals surface area contributed by atoms with Gasteiger partial charge in [-0.25, -0.2) is 8.78 Å². The molecule has 0 saturated heterocycles. The summed E-state index contributed by atoms with van der Waals surface area (Å²) in [6.45, 7) is 4.34. The van der Waals surface area contributed by atoms with Gasteiger partial charge in [0, 0.05) is 24.8 Å². The predicted molar refractivity (Wildman–Crippen MR) is 115 cm³/mol. The maximum atomic E-state index is 14.1. The number of halogens is 2. The van der Waals surface area contributed by atoms with Crippen molar-refractivity contribution < 1.29 is 28.2 Å². The van der Waals surface area contributed by atoms with Crippen LogP contribution >= 0.6 is 0 Å². The van der Waals surface area contributed by atoms with Crippen LogP contribution in [0, 0.1) is 0 Å². The van der Waals surface area contributed by atoms with Crippen molar-refractivity contribution in [3.05, 3.63) is 76.4 Å². The maximum absolute atomic E-state index is 14.1. The molecule has 1 aliphatic rings. The Hall–Kier alpha value is -2.73. The Balaban J connectivity index is 1.79. The molecule has 1 unspecified atom stereocenters. The molecule has 0 aliphatic carbocycles. The van der Waals surface area contributed by atoms with Gasteiger partial charge in [0.1, 0.15) is 12.4 Å². The summed E-state index contributed by atoms with van der Waals surface area (Å²) in [4.78, 5) is 10.8. The second kappa shape index (κ2) is 10.1. The standard InChI is InChI=1S/C25H28F2O4/c1-17(18-6-4-3-5-7-18)22-12-13-30-15-20(22)16-31-21-10-8-19(9-11-24(28)29)23(14-21)25(2,26)27/h3-8,10,14,17H,9,11-13,15-16H2,1-2H3,(H,28,29). The van der Waals surface area contributed by atoms with Gasteiger partial charge in [0.15, 0.2) is 0 Å². The molecule has 6 heteroatoms. The third kappa shape index (κ3) is 6.14. The summed E-state index contributed by atoms with van der Waals surface area (Å²) in [7, 11) is 0. The normalized spacial score (nSPS) is 15.6. The zero-order chi connectivity index (χ0) is 22.4. The summed E-state index contributed by atoms with van der Waals surface area (Å²) in [6.07, 6.45) is 0.654. The second-order valence-corrected chi connectivity index (χ2v) is 7.95. The number of aliphatic carboxylic acids is 1. The Morgan fingerprint density at radius 2 is 1.97 bits per heavy atom. The van der Waals surface area contributed by atoms with Crippen LogP contribution in [0.3, 0.4) is 0 Å². The summed E-state index contributed by atoms with van der Waals surface area (Å²) >= 11 is 0. The Morgan fingerprint density at radius 3 is 2.65 bits per heavy atom. The minimum Gasteiger partial charge on any atom is -0.489 e. The molecule has 31 heavy (non-hydrogen) atoms. The molecule has 0 amide bonds. The van der Waals surface area contributed by atoms with Crippen LogP contribution in [0.25, 0.3) is 0 Å². The fourth-order valence-electron chi connectivity index (χ4n) is 3.93. The van der Waals surface area contributed by atoms with Gasteiger partial charge >= 0.3 is 5.97 Å². The van der Waals surface area contributed by atoms with E-state index in [0.717, 1.165) is 18.9 Å². The third-order valence-corrected chi connectivity index (χ3v) is 5.64. The van der Waals surface area contributed by atoms with Gasteiger partial charge in [-0.1, -0.05) is 48.9 Å². The van der Waals surface area contributed by atoms with Crippen molar-refractivity contribution in [1.29, 1.82) is 0 Å². The monoisotopic (exact) mass is 430 g/mol. The molecule has 0 fully saturated rings. The van der Waals surface area contributed by atoms with Crippen molar-refractivity contribution in [2.75, 3.05) is 19.8 Å². The van der Waals surface area contributed by atoms with Crippen molar-refractivity contribution in [1.82, 2.24) is 0 Å². The average molecular weight is 430 g/mol. The number of aryl methyl sites for hydroxylation is 1. The molecule has 2 aromatic carbocycles. The Morgan fingerprint density at radius 1 is 1.23 bits per heavy atom. The van der Waals surface area contributed by atoms with E-state index in [2.05, 4.69) is 19.1 Å². The van der Waals surface area contributed by atoms with Crippen LogP contribution in [0.4, 0.5) is 8.78 Å². The smallest absolute Gasteiger partial charge is 0.303 e. The number of carboxylic acids is 1. The molecular formula is C25H28F2O4. The van der Waals surface area contributed by atoms with Crippen LogP contribution in [-0.2, 0) is 21.9 Å². The lowest BCUT2D eigenvalue weighted by Crippen LogP contribution is -2.20. The van der Waals surface area contributed by atoms with E-state index in [-0.39, 0.29) is 30.9 Å². The molecule has 0 spiro atoms. The van der Waals surface area contributed by atoms with Gasteiger partial charge < -0.3 is 14.6 Å². The van der Waals surface area contributed by atoms with E-state index in [9.17, 15) is 13.6 Å². The number of carboxylic acid groups (broad SMARTS) is 1. The lowest BCUT2D eigenvalue weighted by atomic mass is 9.87. The maximum Gasteiger partial charge on any atom is 0.303 e. The first-order valence-corrected chi connectivity index (χ1v) is 10.4. The van der Waals surface area contributed by atoms with Crippen molar-refractivity contribution in [2.24, 2.45) is 0 Å². The third-order valence-electron chi connectivity index (χ3n) is 5.64. The summed E-state index contributed by atoms with van der Waals surface area (Å²) < 4.78 is 39.8. The zero-order valence-corrected chi connectivity index (χ0v) is 17.9. The number of rotatable bonds is 9. The highest BCUT2D eigenvalue weighted by Gasteiger charge is 2.28. The molecule has 0 bridgehead atoms. The van der Waals surface area contributed by atoms with Crippen molar-refractivity contribution >= 4 is 5.97 Å². The van der Waals surface area contributed by atoms with Crippen LogP contribution in [0.5, 0.6) is 5.75 Å². The lowest BCUT2D eigenvalue weighted by Gasteiger charge is -2.26. The summed E-state index contributed by atoms with van der Waals surface area (Å²) in [6, 6.07) is 14.7. The van der Waals surface area contributed by atoms with E-state index in [4.69, 9.17) is 14.6 Å². The number of ether oxygens (including phenoxy) is 2. The van der Waals surface area contributed by atoms with Crippen LogP contribution in [0.2, 0.25) is 0 Å². The van der Waals surface area contributed by atoms with E-state index < -0.39 is 11.9 Å². The van der Waals surface area contributed by atoms with Gasteiger partial charge in [-0.05, 0) is 41.7 Å². The fourth-order valence-corrected chi connectivity index (χ4v) is 3.93. The van der Waals surface area contributed by atoms with E-state index in [1.165, 1.54) is 23.3 Å². The van der Waals surface area contributed by atoms with Gasteiger partial charge in [-0.3, -0.25) is 4.79 Å². The van der Waals surface area contributed by atoms with Gasteiger partial charge in [0.2, 0.25) is 0 Å². The van der Waals surface area contributed by atoms with Crippen LogP contribution in [-0.4, -0.2) is 30.9 Å². The van der Waals surface area contributed by atoms with Crippen molar-refractivity contribution in [2.45, 2.75) is 45.0 Å². The highest BCUT2D eigenvalue weighted by atomic mass is 19.3. The summed E-state index contributed by atoms with van der Waals surface area (Å²) in [5.74, 6) is -3.55. The molecule has 1 heterocycles. The molecule has 2 aromatic rings. The SMILES string of the molecule is CC(C1=C(COc2ccc(CCC(=O)O)c(C(C)(F)F)c2)COCC1)c1ccccc1.